The smallest absolute Gasteiger partial charge is 0.243 e. The summed E-state index contributed by atoms with van der Waals surface area (Å²) in [5, 5.41) is 2.98. The van der Waals surface area contributed by atoms with E-state index in [1.165, 1.54) is 28.7 Å². The second-order valence-corrected chi connectivity index (χ2v) is 7.34. The molecule has 124 valence electrons. The van der Waals surface area contributed by atoms with Crippen molar-refractivity contribution in [3.8, 4) is 0 Å². The number of halogens is 2. The van der Waals surface area contributed by atoms with Crippen LogP contribution < -0.4 is 16.2 Å². The summed E-state index contributed by atoms with van der Waals surface area (Å²) >= 11 is 7.75. The summed E-state index contributed by atoms with van der Waals surface area (Å²) < 4.78 is 13.1. The van der Waals surface area contributed by atoms with E-state index in [4.69, 9.17) is 11.6 Å². The second-order valence-electron chi connectivity index (χ2n) is 5.87. The topological polar surface area (TPSA) is 53.2 Å². The number of nitrogens with one attached hydrogen (secondary N) is 3. The normalized spacial score (nSPS) is 25.0. The van der Waals surface area contributed by atoms with Crippen molar-refractivity contribution in [3.05, 3.63) is 58.9 Å². The van der Waals surface area contributed by atoms with Crippen LogP contribution in [0.4, 0.5) is 10.1 Å². The summed E-state index contributed by atoms with van der Waals surface area (Å²) in [5.74, 6) is 0.364. The third-order valence-electron chi connectivity index (χ3n) is 4.41. The summed E-state index contributed by atoms with van der Waals surface area (Å²) in [6.07, 6.45) is 0. The van der Waals surface area contributed by atoms with Crippen LogP contribution in [0.2, 0.25) is 5.02 Å². The Bertz CT molecular complexity index is 803. The van der Waals surface area contributed by atoms with Crippen molar-refractivity contribution in [2.45, 2.75) is 17.0 Å². The third-order valence-corrected chi connectivity index (χ3v) is 5.95. The number of hydrazine groups is 1. The van der Waals surface area contributed by atoms with Gasteiger partial charge in [-0.25, -0.2) is 15.2 Å². The summed E-state index contributed by atoms with van der Waals surface area (Å²) in [7, 11) is 0. The van der Waals surface area contributed by atoms with Crippen molar-refractivity contribution in [2.75, 3.05) is 11.1 Å². The molecule has 2 aliphatic heterocycles. The maximum Gasteiger partial charge on any atom is 0.243 e. The van der Waals surface area contributed by atoms with Crippen LogP contribution in [0, 0.1) is 11.7 Å². The Hall–Kier alpha value is -1.60. The van der Waals surface area contributed by atoms with E-state index in [9.17, 15) is 9.18 Å². The third kappa shape index (κ3) is 2.80. The highest BCUT2D eigenvalue weighted by molar-refractivity contribution is 7.99. The summed E-state index contributed by atoms with van der Waals surface area (Å²) in [5.41, 5.74) is 7.96. The standard InChI is InChI=1S/C17H15ClFN3OS/c18-12-7-9(19)5-6-13(12)20-17(23)16-11-8-24-14-4-2-1-3-10(14)15(11)21-22-16/h1-7,11,15-16,21-22H,8H2,(H,20,23). The number of benzene rings is 2. The van der Waals surface area contributed by atoms with Gasteiger partial charge < -0.3 is 5.32 Å². The van der Waals surface area contributed by atoms with Gasteiger partial charge in [0, 0.05) is 16.6 Å². The van der Waals surface area contributed by atoms with E-state index in [0.29, 0.717) is 5.69 Å². The molecular formula is C17H15ClFN3OS. The van der Waals surface area contributed by atoms with Gasteiger partial charge in [0.1, 0.15) is 11.9 Å². The van der Waals surface area contributed by atoms with Gasteiger partial charge >= 0.3 is 0 Å². The molecule has 24 heavy (non-hydrogen) atoms. The molecular weight excluding hydrogens is 349 g/mol. The number of hydrogen-bond donors (Lipinski definition) is 3. The molecule has 0 bridgehead atoms. The van der Waals surface area contributed by atoms with Crippen LogP contribution in [-0.4, -0.2) is 17.7 Å². The van der Waals surface area contributed by atoms with Gasteiger partial charge in [-0.2, -0.15) is 0 Å². The monoisotopic (exact) mass is 363 g/mol. The molecule has 2 aromatic carbocycles. The van der Waals surface area contributed by atoms with Gasteiger partial charge in [-0.1, -0.05) is 29.8 Å². The number of hydrogen-bond acceptors (Lipinski definition) is 4. The first-order valence-corrected chi connectivity index (χ1v) is 8.98. The van der Waals surface area contributed by atoms with Gasteiger partial charge in [0.25, 0.3) is 0 Å². The first-order chi connectivity index (χ1) is 11.6. The number of amides is 1. The van der Waals surface area contributed by atoms with Crippen LogP contribution in [0.5, 0.6) is 0 Å². The van der Waals surface area contributed by atoms with Crippen LogP contribution in [0.25, 0.3) is 0 Å². The molecule has 0 saturated carbocycles. The van der Waals surface area contributed by atoms with E-state index in [-0.39, 0.29) is 28.9 Å². The van der Waals surface area contributed by atoms with Gasteiger partial charge in [0.15, 0.2) is 0 Å². The summed E-state index contributed by atoms with van der Waals surface area (Å²) in [4.78, 5) is 13.9. The van der Waals surface area contributed by atoms with Gasteiger partial charge in [0.05, 0.1) is 16.8 Å². The summed E-state index contributed by atoms with van der Waals surface area (Å²) in [6, 6.07) is 11.9. The van der Waals surface area contributed by atoms with Gasteiger partial charge in [0.2, 0.25) is 5.91 Å². The minimum atomic E-state index is -0.431. The Kier molecular flexibility index (Phi) is 4.22. The van der Waals surface area contributed by atoms with Crippen molar-refractivity contribution < 1.29 is 9.18 Å². The van der Waals surface area contributed by atoms with Crippen molar-refractivity contribution in [3.63, 3.8) is 0 Å². The maximum absolute atomic E-state index is 13.1. The van der Waals surface area contributed by atoms with E-state index >= 15 is 0 Å². The highest BCUT2D eigenvalue weighted by atomic mass is 35.5. The van der Waals surface area contributed by atoms with Crippen LogP contribution in [0.1, 0.15) is 11.6 Å². The zero-order chi connectivity index (χ0) is 16.7. The predicted molar refractivity (Wildman–Crippen MR) is 93.5 cm³/mol. The number of rotatable bonds is 2. The Morgan fingerprint density at radius 1 is 1.25 bits per heavy atom. The molecule has 2 heterocycles. The molecule has 0 aromatic heterocycles. The Balaban J connectivity index is 1.53. The lowest BCUT2D eigenvalue weighted by atomic mass is 9.90. The zero-order valence-corrected chi connectivity index (χ0v) is 14.1. The lowest BCUT2D eigenvalue weighted by Crippen LogP contribution is -2.42. The highest BCUT2D eigenvalue weighted by Crippen LogP contribution is 2.43. The van der Waals surface area contributed by atoms with E-state index in [2.05, 4.69) is 28.3 Å². The molecule has 2 aliphatic rings. The first-order valence-electron chi connectivity index (χ1n) is 7.62. The molecule has 4 rings (SSSR count). The van der Waals surface area contributed by atoms with Crippen LogP contribution in [0.3, 0.4) is 0 Å². The molecule has 3 N–H and O–H groups in total. The molecule has 7 heteroatoms. The Labute approximate surface area is 148 Å². The molecule has 3 unspecified atom stereocenters. The molecule has 0 radical (unpaired) electrons. The largest absolute Gasteiger partial charge is 0.323 e. The quantitative estimate of drug-likeness (QED) is 0.766. The molecule has 1 saturated heterocycles. The van der Waals surface area contributed by atoms with Crippen LogP contribution in [-0.2, 0) is 4.79 Å². The maximum atomic E-state index is 13.1. The lowest BCUT2D eigenvalue weighted by Gasteiger charge is -2.28. The molecule has 0 spiro atoms. The van der Waals surface area contributed by atoms with Crippen LogP contribution in [0.15, 0.2) is 47.4 Å². The molecule has 1 fully saturated rings. The minimum Gasteiger partial charge on any atom is -0.323 e. The fraction of sp³-hybridized carbons (Fsp3) is 0.235. The number of fused-ring (bicyclic) bond motifs is 3. The van der Waals surface area contributed by atoms with Crippen molar-refractivity contribution in [1.82, 2.24) is 10.9 Å². The number of anilines is 1. The molecule has 3 atom stereocenters. The predicted octanol–water partition coefficient (Wildman–Crippen LogP) is 3.36. The van der Waals surface area contributed by atoms with Crippen molar-refractivity contribution in [2.24, 2.45) is 5.92 Å². The summed E-state index contributed by atoms with van der Waals surface area (Å²) in [6.45, 7) is 0. The lowest BCUT2D eigenvalue weighted by molar-refractivity contribution is -0.118. The average Bonchev–Trinajstić information content (AvgIpc) is 3.02. The molecule has 1 amide bonds. The van der Waals surface area contributed by atoms with E-state index in [0.717, 1.165) is 5.75 Å². The number of thioether (sulfide) groups is 1. The number of carbonyl (C=O) groups excluding carboxylic acids is 1. The Morgan fingerprint density at radius 3 is 2.92 bits per heavy atom. The molecule has 0 aliphatic carbocycles. The molecule has 2 aromatic rings. The van der Waals surface area contributed by atoms with Gasteiger partial charge in [-0.3, -0.25) is 4.79 Å². The SMILES string of the molecule is O=C(Nc1ccc(F)cc1Cl)C1NNC2c3ccccc3SCC12. The minimum absolute atomic E-state index is 0.0990. The Morgan fingerprint density at radius 2 is 2.08 bits per heavy atom. The molecule has 4 nitrogen and oxygen atoms in total. The fourth-order valence-electron chi connectivity index (χ4n) is 3.20. The zero-order valence-electron chi connectivity index (χ0n) is 12.6. The first kappa shape index (κ1) is 15.9. The van der Waals surface area contributed by atoms with Gasteiger partial charge in [-0.05, 0) is 29.8 Å². The van der Waals surface area contributed by atoms with Crippen molar-refractivity contribution in [1.29, 1.82) is 0 Å². The van der Waals surface area contributed by atoms with Crippen molar-refractivity contribution >= 4 is 35.0 Å². The van der Waals surface area contributed by atoms with E-state index < -0.39 is 5.82 Å². The van der Waals surface area contributed by atoms with Crippen LogP contribution >= 0.6 is 23.4 Å². The van der Waals surface area contributed by atoms with E-state index in [1.54, 1.807) is 11.8 Å². The van der Waals surface area contributed by atoms with Gasteiger partial charge in [-0.15, -0.1) is 11.8 Å². The van der Waals surface area contributed by atoms with E-state index in [1.807, 2.05) is 12.1 Å². The number of carbonyl (C=O) groups is 1. The fourth-order valence-corrected chi connectivity index (χ4v) is 4.71. The average molecular weight is 364 g/mol. The second kappa shape index (κ2) is 6.37. The highest BCUT2D eigenvalue weighted by Gasteiger charge is 2.43.